The summed E-state index contributed by atoms with van der Waals surface area (Å²) in [7, 11) is 0. The van der Waals surface area contributed by atoms with Gasteiger partial charge in [-0.15, -0.1) is 0 Å². The van der Waals surface area contributed by atoms with Gasteiger partial charge >= 0.3 is 23.9 Å². The molecule has 1 aliphatic rings. The Labute approximate surface area is 389 Å². The summed E-state index contributed by atoms with van der Waals surface area (Å²) in [5.41, 5.74) is 2.78. The number of hydrogen-bond acceptors (Lipinski definition) is 12. The molecule has 66 heavy (non-hydrogen) atoms. The molecule has 0 unspecified atom stereocenters. The maximum absolute atomic E-state index is 12.8. The molecule has 0 radical (unpaired) electrons. The van der Waals surface area contributed by atoms with E-state index in [0.29, 0.717) is 73.8 Å². The van der Waals surface area contributed by atoms with Crippen LogP contribution < -0.4 is 18.9 Å². The van der Waals surface area contributed by atoms with Crippen LogP contribution in [0.25, 0.3) is 0 Å². The predicted molar refractivity (Wildman–Crippen MR) is 251 cm³/mol. The first-order valence-electron chi connectivity index (χ1n) is 23.2. The lowest BCUT2D eigenvalue weighted by Crippen LogP contribution is -2.34. The monoisotopic (exact) mass is 904 g/mol. The fraction of sp³-hybridized carbons (Fsp3) is 0.407. The smallest absolute Gasteiger partial charge is 0.343 e. The highest BCUT2D eigenvalue weighted by Gasteiger charge is 2.27. The molecule has 0 aliphatic heterocycles. The summed E-state index contributed by atoms with van der Waals surface area (Å²) in [6.45, 7) is 9.58. The van der Waals surface area contributed by atoms with Crippen molar-refractivity contribution in [2.24, 2.45) is 0 Å². The fourth-order valence-electron chi connectivity index (χ4n) is 7.18. The van der Waals surface area contributed by atoms with Gasteiger partial charge in [0.25, 0.3) is 0 Å². The summed E-state index contributed by atoms with van der Waals surface area (Å²) in [6, 6.07) is 28.5. The van der Waals surface area contributed by atoms with E-state index in [9.17, 15) is 19.2 Å². The van der Waals surface area contributed by atoms with Crippen LogP contribution >= 0.6 is 0 Å². The molecule has 1 fully saturated rings. The summed E-state index contributed by atoms with van der Waals surface area (Å²) >= 11 is 0. The zero-order valence-corrected chi connectivity index (χ0v) is 38.0. The highest BCUT2D eigenvalue weighted by atomic mass is 16.6. The molecule has 0 N–H and O–H groups in total. The largest absolute Gasteiger partial charge is 0.494 e. The summed E-state index contributed by atoms with van der Waals surface area (Å²) < 4.78 is 45.6. The maximum atomic E-state index is 12.8. The van der Waals surface area contributed by atoms with Crippen LogP contribution in [0.15, 0.2) is 122 Å². The molecular formula is C54H64O12. The Bertz CT molecular complexity index is 1930. The van der Waals surface area contributed by atoms with Crippen LogP contribution in [0.3, 0.4) is 0 Å². The number of ether oxygens (including phenoxy) is 8. The minimum Gasteiger partial charge on any atom is -0.494 e. The molecule has 0 heterocycles. The first kappa shape index (κ1) is 50.8. The fourth-order valence-corrected chi connectivity index (χ4v) is 7.18. The molecule has 4 aromatic carbocycles. The number of carbonyl (C=O) groups excluding carboxylic acids is 4. The van der Waals surface area contributed by atoms with Crippen LogP contribution in [-0.4, -0.2) is 62.5 Å². The SMILES string of the molecule is C=CC(=O)OCCCCCCCOc1ccc(C(=O)Oc2ccc(CO[C@@H]3CCCC[C@H]3OCc3ccc(OC(=O)c4ccc(OCCCCCCCOC(=O)C=C)cc4)cc3)cc2)cc1. The van der Waals surface area contributed by atoms with E-state index >= 15 is 0 Å². The number of carbonyl (C=O) groups is 4. The van der Waals surface area contributed by atoms with Gasteiger partial charge in [0.2, 0.25) is 0 Å². The second-order valence-electron chi connectivity index (χ2n) is 16.1. The second kappa shape index (κ2) is 29.3. The first-order chi connectivity index (χ1) is 32.3. The maximum Gasteiger partial charge on any atom is 0.343 e. The van der Waals surface area contributed by atoms with E-state index in [1.165, 1.54) is 12.2 Å². The van der Waals surface area contributed by atoms with Crippen molar-refractivity contribution >= 4 is 23.9 Å². The Morgan fingerprint density at radius 2 is 0.773 bits per heavy atom. The van der Waals surface area contributed by atoms with Crippen LogP contribution in [0.5, 0.6) is 23.0 Å². The van der Waals surface area contributed by atoms with Gasteiger partial charge in [0.15, 0.2) is 0 Å². The van der Waals surface area contributed by atoms with Crippen molar-refractivity contribution < 1.29 is 57.1 Å². The van der Waals surface area contributed by atoms with Gasteiger partial charge in [0, 0.05) is 12.2 Å². The molecule has 0 saturated heterocycles. The van der Waals surface area contributed by atoms with Gasteiger partial charge < -0.3 is 37.9 Å². The molecular weight excluding hydrogens is 841 g/mol. The molecule has 0 spiro atoms. The van der Waals surface area contributed by atoms with E-state index in [2.05, 4.69) is 13.2 Å². The minimum absolute atomic E-state index is 0.0505. The molecule has 1 aliphatic carbocycles. The zero-order valence-electron chi connectivity index (χ0n) is 38.0. The topological polar surface area (TPSA) is 142 Å². The molecule has 2 atom stereocenters. The second-order valence-corrected chi connectivity index (χ2v) is 16.1. The number of esters is 4. The minimum atomic E-state index is -0.450. The van der Waals surface area contributed by atoms with Crippen molar-refractivity contribution in [1.29, 1.82) is 0 Å². The van der Waals surface area contributed by atoms with E-state index in [4.69, 9.17) is 37.9 Å². The average Bonchev–Trinajstić information content (AvgIpc) is 3.35. The summed E-state index contributed by atoms with van der Waals surface area (Å²) in [5.74, 6) is 0.605. The third kappa shape index (κ3) is 19.1. The molecule has 5 rings (SSSR count). The van der Waals surface area contributed by atoms with Crippen LogP contribution in [0.1, 0.15) is 122 Å². The standard InChI is InChI=1S/C54H64O12/c1-3-51(55)61-37-15-9-5-7-13-35-59-45-31-23-43(24-32-45)53(57)65-47-27-19-41(20-28-47)39-63-49-17-11-12-18-50(49)64-40-42-21-29-48(30-22-42)66-54(58)44-25-33-46(34-26-44)60-36-14-8-6-10-16-38-62-52(56)4-2/h3-4,19-34,49-50H,1-2,5-18,35-40H2/t49-,50-/m1/s1. The Kier molecular flexibility index (Phi) is 22.6. The number of hydrogen-bond donors (Lipinski definition) is 0. The summed E-state index contributed by atoms with van der Waals surface area (Å²) in [6.07, 6.45) is 15.8. The molecule has 0 aromatic heterocycles. The van der Waals surface area contributed by atoms with Crippen LogP contribution in [0.2, 0.25) is 0 Å². The zero-order chi connectivity index (χ0) is 46.6. The third-order valence-electron chi connectivity index (χ3n) is 11.0. The lowest BCUT2D eigenvalue weighted by atomic mass is 9.94. The van der Waals surface area contributed by atoms with E-state index in [-0.39, 0.29) is 24.1 Å². The average molecular weight is 905 g/mol. The van der Waals surface area contributed by atoms with Crippen molar-refractivity contribution in [2.45, 2.75) is 115 Å². The van der Waals surface area contributed by atoms with E-state index in [1.807, 2.05) is 24.3 Å². The Hall–Kier alpha value is -6.24. The normalized spacial score (nSPS) is 14.4. The molecule has 4 aromatic rings. The highest BCUT2D eigenvalue weighted by molar-refractivity contribution is 5.91. The lowest BCUT2D eigenvalue weighted by Gasteiger charge is -2.31. The van der Waals surface area contributed by atoms with Gasteiger partial charge in [0.1, 0.15) is 23.0 Å². The van der Waals surface area contributed by atoms with Crippen molar-refractivity contribution in [1.82, 2.24) is 0 Å². The summed E-state index contributed by atoms with van der Waals surface area (Å²) in [4.78, 5) is 47.8. The predicted octanol–water partition coefficient (Wildman–Crippen LogP) is 11.3. The molecule has 12 nitrogen and oxygen atoms in total. The van der Waals surface area contributed by atoms with Crippen LogP contribution in [0, 0.1) is 0 Å². The van der Waals surface area contributed by atoms with E-state index in [0.717, 1.165) is 101 Å². The Morgan fingerprint density at radius 3 is 1.14 bits per heavy atom. The van der Waals surface area contributed by atoms with Crippen molar-refractivity contribution in [2.75, 3.05) is 26.4 Å². The highest BCUT2D eigenvalue weighted by Crippen LogP contribution is 2.27. The summed E-state index contributed by atoms with van der Waals surface area (Å²) in [5, 5.41) is 0. The Morgan fingerprint density at radius 1 is 0.439 bits per heavy atom. The van der Waals surface area contributed by atoms with Gasteiger partial charge in [-0.2, -0.15) is 0 Å². The van der Waals surface area contributed by atoms with Gasteiger partial charge in [-0.25, -0.2) is 19.2 Å². The van der Waals surface area contributed by atoms with Crippen LogP contribution in [0.4, 0.5) is 0 Å². The van der Waals surface area contributed by atoms with Gasteiger partial charge in [-0.05, 0) is 122 Å². The van der Waals surface area contributed by atoms with E-state index < -0.39 is 11.9 Å². The van der Waals surface area contributed by atoms with Crippen molar-refractivity contribution in [3.8, 4) is 23.0 Å². The Balaban J connectivity index is 0.943. The molecule has 0 bridgehead atoms. The number of rotatable bonds is 30. The first-order valence-corrected chi connectivity index (χ1v) is 23.2. The van der Waals surface area contributed by atoms with Crippen molar-refractivity contribution in [3.63, 3.8) is 0 Å². The van der Waals surface area contributed by atoms with Gasteiger partial charge in [0.05, 0.1) is 63.0 Å². The quantitative estimate of drug-likeness (QED) is 0.0213. The third-order valence-corrected chi connectivity index (χ3v) is 11.0. The van der Waals surface area contributed by atoms with E-state index in [1.54, 1.807) is 72.8 Å². The van der Waals surface area contributed by atoms with Gasteiger partial charge in [-0.1, -0.05) is 88.8 Å². The molecule has 352 valence electrons. The van der Waals surface area contributed by atoms with Crippen molar-refractivity contribution in [3.05, 3.63) is 145 Å². The molecule has 0 amide bonds. The lowest BCUT2D eigenvalue weighted by molar-refractivity contribution is -0.138. The molecule has 12 heteroatoms. The molecule has 1 saturated carbocycles. The van der Waals surface area contributed by atoms with Crippen LogP contribution in [-0.2, 0) is 41.8 Å². The number of benzene rings is 4. The van der Waals surface area contributed by atoms with Gasteiger partial charge in [-0.3, -0.25) is 0 Å². The number of unbranched alkanes of at least 4 members (excludes halogenated alkanes) is 8.